The van der Waals surface area contributed by atoms with Crippen molar-refractivity contribution in [3.63, 3.8) is 0 Å². The van der Waals surface area contributed by atoms with Gasteiger partial charge in [0.05, 0.1) is 31.3 Å². The molecule has 1 unspecified atom stereocenters. The standard InChI is InChI=1S/C20H22ClN3O5/c1-28-16-5-2-14(3-6-16)19(23-8-10-29-11-9-23)13-22-20(25)17-12-15(21)4-7-18(17)24(26)27/h2-7,12,19H,8-11,13H2,1H3,(H,22,25). The van der Waals surface area contributed by atoms with Crippen LogP contribution >= 0.6 is 11.6 Å². The molecule has 1 amide bonds. The molecule has 154 valence electrons. The number of benzene rings is 2. The maximum Gasteiger partial charge on any atom is 0.282 e. The van der Waals surface area contributed by atoms with Crippen LogP contribution in [0.3, 0.4) is 0 Å². The highest BCUT2D eigenvalue weighted by Gasteiger charge is 2.25. The maximum absolute atomic E-state index is 12.7. The molecule has 8 nitrogen and oxygen atoms in total. The van der Waals surface area contributed by atoms with Crippen LogP contribution < -0.4 is 10.1 Å². The zero-order valence-corrected chi connectivity index (χ0v) is 16.7. The topological polar surface area (TPSA) is 93.9 Å². The minimum atomic E-state index is -0.589. The summed E-state index contributed by atoms with van der Waals surface area (Å²) in [6.45, 7) is 2.96. The number of nitro groups is 1. The van der Waals surface area contributed by atoms with Crippen molar-refractivity contribution in [2.45, 2.75) is 6.04 Å². The molecule has 1 aliphatic rings. The molecule has 0 radical (unpaired) electrons. The molecule has 1 atom stereocenters. The van der Waals surface area contributed by atoms with Gasteiger partial charge in [-0.3, -0.25) is 19.8 Å². The molecule has 2 aromatic carbocycles. The quantitative estimate of drug-likeness (QED) is 0.547. The maximum atomic E-state index is 12.7. The van der Waals surface area contributed by atoms with Gasteiger partial charge in [-0.05, 0) is 29.8 Å². The van der Waals surface area contributed by atoms with Crippen molar-refractivity contribution in [1.29, 1.82) is 0 Å². The molecule has 2 aromatic rings. The Bertz CT molecular complexity index is 869. The highest BCUT2D eigenvalue weighted by atomic mass is 35.5. The van der Waals surface area contributed by atoms with E-state index in [0.29, 0.717) is 13.2 Å². The summed E-state index contributed by atoms with van der Waals surface area (Å²) in [5.41, 5.74) is 0.672. The number of ether oxygens (including phenoxy) is 2. The molecule has 3 rings (SSSR count). The average Bonchev–Trinajstić information content (AvgIpc) is 2.74. The van der Waals surface area contributed by atoms with Gasteiger partial charge in [-0.2, -0.15) is 0 Å². The minimum absolute atomic E-state index is 0.0574. The summed E-state index contributed by atoms with van der Waals surface area (Å²) in [4.78, 5) is 25.6. The fraction of sp³-hybridized carbons (Fsp3) is 0.350. The van der Waals surface area contributed by atoms with Crippen LogP contribution in [0.25, 0.3) is 0 Å². The molecule has 29 heavy (non-hydrogen) atoms. The minimum Gasteiger partial charge on any atom is -0.497 e. The summed E-state index contributed by atoms with van der Waals surface area (Å²) >= 11 is 5.94. The fourth-order valence-corrected chi connectivity index (χ4v) is 3.48. The molecule has 1 saturated heterocycles. The lowest BCUT2D eigenvalue weighted by Gasteiger charge is -2.35. The Hall–Kier alpha value is -2.68. The molecule has 1 heterocycles. The lowest BCUT2D eigenvalue weighted by Crippen LogP contribution is -2.43. The first-order valence-corrected chi connectivity index (χ1v) is 9.55. The number of rotatable bonds is 7. The van der Waals surface area contributed by atoms with E-state index in [1.807, 2.05) is 24.3 Å². The number of nitrogens with one attached hydrogen (secondary N) is 1. The smallest absolute Gasteiger partial charge is 0.282 e. The number of halogens is 1. The van der Waals surface area contributed by atoms with Crippen molar-refractivity contribution in [3.05, 3.63) is 68.7 Å². The van der Waals surface area contributed by atoms with Crippen LogP contribution in [0.1, 0.15) is 22.0 Å². The molecule has 1 fully saturated rings. The number of amides is 1. The van der Waals surface area contributed by atoms with E-state index in [-0.39, 0.29) is 28.9 Å². The van der Waals surface area contributed by atoms with Crippen LogP contribution in [0.5, 0.6) is 5.75 Å². The van der Waals surface area contributed by atoms with Gasteiger partial charge in [-0.1, -0.05) is 23.7 Å². The number of nitrogens with zero attached hydrogens (tertiary/aromatic N) is 2. The van der Waals surface area contributed by atoms with Gasteiger partial charge in [0.1, 0.15) is 11.3 Å². The Labute approximate surface area is 173 Å². The van der Waals surface area contributed by atoms with Gasteiger partial charge in [-0.25, -0.2) is 0 Å². The molecular weight excluding hydrogens is 398 g/mol. The molecule has 0 saturated carbocycles. The number of carbonyl (C=O) groups is 1. The molecule has 0 bridgehead atoms. The Morgan fingerprint density at radius 2 is 1.97 bits per heavy atom. The SMILES string of the molecule is COc1ccc(C(CNC(=O)c2cc(Cl)ccc2[N+](=O)[O-])N2CCOCC2)cc1. The molecule has 0 aliphatic carbocycles. The summed E-state index contributed by atoms with van der Waals surface area (Å²) in [5.74, 6) is 0.207. The summed E-state index contributed by atoms with van der Waals surface area (Å²) in [5, 5.41) is 14.3. The van der Waals surface area contributed by atoms with Crippen molar-refractivity contribution in [1.82, 2.24) is 10.2 Å². The zero-order valence-electron chi connectivity index (χ0n) is 16.0. The van der Waals surface area contributed by atoms with Crippen molar-refractivity contribution in [3.8, 4) is 5.75 Å². The van der Waals surface area contributed by atoms with E-state index in [1.165, 1.54) is 18.2 Å². The average molecular weight is 420 g/mol. The lowest BCUT2D eigenvalue weighted by molar-refractivity contribution is -0.385. The number of methoxy groups -OCH3 is 1. The van der Waals surface area contributed by atoms with E-state index in [4.69, 9.17) is 21.1 Å². The van der Waals surface area contributed by atoms with Crippen molar-refractivity contribution in [2.75, 3.05) is 40.0 Å². The Morgan fingerprint density at radius 3 is 2.59 bits per heavy atom. The zero-order chi connectivity index (χ0) is 20.8. The Morgan fingerprint density at radius 1 is 1.28 bits per heavy atom. The van der Waals surface area contributed by atoms with E-state index in [0.717, 1.165) is 24.4 Å². The fourth-order valence-electron chi connectivity index (χ4n) is 3.31. The first-order valence-electron chi connectivity index (χ1n) is 9.17. The van der Waals surface area contributed by atoms with E-state index < -0.39 is 10.8 Å². The predicted octanol–water partition coefficient (Wildman–Crippen LogP) is 3.06. The van der Waals surface area contributed by atoms with Crippen LogP contribution in [0, 0.1) is 10.1 Å². The highest BCUT2D eigenvalue weighted by Crippen LogP contribution is 2.25. The van der Waals surface area contributed by atoms with Gasteiger partial charge in [0.2, 0.25) is 0 Å². The number of nitro benzene ring substituents is 1. The Balaban J connectivity index is 1.80. The van der Waals surface area contributed by atoms with Gasteiger partial charge in [0, 0.05) is 30.7 Å². The number of carbonyl (C=O) groups excluding carboxylic acids is 1. The number of morpholine rings is 1. The van der Waals surface area contributed by atoms with Crippen LogP contribution in [0.15, 0.2) is 42.5 Å². The van der Waals surface area contributed by atoms with Gasteiger partial charge in [-0.15, -0.1) is 0 Å². The van der Waals surface area contributed by atoms with Gasteiger partial charge in [0.15, 0.2) is 0 Å². The van der Waals surface area contributed by atoms with Gasteiger partial charge >= 0.3 is 0 Å². The number of hydrogen-bond acceptors (Lipinski definition) is 6. The Kier molecular flexibility index (Phi) is 7.03. The molecular formula is C20H22ClN3O5. The van der Waals surface area contributed by atoms with Gasteiger partial charge in [0.25, 0.3) is 11.6 Å². The lowest BCUT2D eigenvalue weighted by atomic mass is 10.0. The van der Waals surface area contributed by atoms with Crippen LogP contribution in [0.4, 0.5) is 5.69 Å². The molecule has 0 spiro atoms. The third-order valence-electron chi connectivity index (χ3n) is 4.84. The summed E-state index contributed by atoms with van der Waals surface area (Å²) in [6.07, 6.45) is 0. The first kappa shape index (κ1) is 21.0. The van der Waals surface area contributed by atoms with Gasteiger partial charge < -0.3 is 14.8 Å². The summed E-state index contributed by atoms with van der Waals surface area (Å²) in [7, 11) is 1.60. The second-order valence-electron chi connectivity index (χ2n) is 6.57. The van der Waals surface area contributed by atoms with Crippen molar-refractivity contribution < 1.29 is 19.2 Å². The summed E-state index contributed by atoms with van der Waals surface area (Å²) < 4.78 is 10.7. The van der Waals surface area contributed by atoms with E-state index in [1.54, 1.807) is 7.11 Å². The monoisotopic (exact) mass is 419 g/mol. The second-order valence-corrected chi connectivity index (χ2v) is 7.00. The molecule has 1 aliphatic heterocycles. The molecule has 0 aromatic heterocycles. The van der Waals surface area contributed by atoms with E-state index in [2.05, 4.69) is 10.2 Å². The second kappa shape index (κ2) is 9.69. The van der Waals surface area contributed by atoms with Crippen LogP contribution in [-0.2, 0) is 4.74 Å². The summed E-state index contributed by atoms with van der Waals surface area (Å²) in [6, 6.07) is 11.5. The molecule has 9 heteroatoms. The largest absolute Gasteiger partial charge is 0.497 e. The predicted molar refractivity (Wildman–Crippen MR) is 109 cm³/mol. The first-order chi connectivity index (χ1) is 14.0. The van der Waals surface area contributed by atoms with Crippen LogP contribution in [0.2, 0.25) is 5.02 Å². The van der Waals surface area contributed by atoms with Crippen LogP contribution in [-0.4, -0.2) is 55.7 Å². The van der Waals surface area contributed by atoms with E-state index in [9.17, 15) is 14.9 Å². The third kappa shape index (κ3) is 5.23. The highest BCUT2D eigenvalue weighted by molar-refractivity contribution is 6.31. The van der Waals surface area contributed by atoms with Crippen molar-refractivity contribution >= 4 is 23.2 Å². The number of hydrogen-bond donors (Lipinski definition) is 1. The molecule has 1 N–H and O–H groups in total. The third-order valence-corrected chi connectivity index (χ3v) is 5.08. The normalized spacial score (nSPS) is 15.5. The van der Waals surface area contributed by atoms with Crippen molar-refractivity contribution in [2.24, 2.45) is 0 Å². The van der Waals surface area contributed by atoms with E-state index >= 15 is 0 Å².